The van der Waals surface area contributed by atoms with Crippen LogP contribution in [0.2, 0.25) is 0 Å². The minimum atomic E-state index is -0.904. The van der Waals surface area contributed by atoms with E-state index < -0.39 is 5.97 Å². The first-order valence-corrected chi connectivity index (χ1v) is 7.68. The number of hydrogen-bond donors (Lipinski definition) is 2. The molecule has 0 aliphatic rings. The molecule has 2 N–H and O–H groups in total. The third-order valence-corrected chi connectivity index (χ3v) is 3.74. The molecule has 0 saturated carbocycles. The number of rotatable bonds is 6. The number of aryl methyl sites for hydroxylation is 2. The summed E-state index contributed by atoms with van der Waals surface area (Å²) in [4.78, 5) is 23.1. The Balaban J connectivity index is 2.18. The molecule has 0 saturated heterocycles. The Morgan fingerprint density at radius 1 is 0.958 bits per heavy atom. The van der Waals surface area contributed by atoms with Gasteiger partial charge in [0.2, 0.25) is 0 Å². The quantitative estimate of drug-likeness (QED) is 0.632. The molecule has 0 atom stereocenters. The van der Waals surface area contributed by atoms with Gasteiger partial charge in [-0.2, -0.15) is 5.10 Å². The predicted molar refractivity (Wildman–Crippen MR) is 93.2 cm³/mol. The van der Waals surface area contributed by atoms with E-state index in [0.717, 1.165) is 16.7 Å². The second-order valence-electron chi connectivity index (χ2n) is 5.56. The van der Waals surface area contributed by atoms with Gasteiger partial charge in [-0.1, -0.05) is 36.4 Å². The van der Waals surface area contributed by atoms with Crippen LogP contribution in [0, 0.1) is 13.8 Å². The van der Waals surface area contributed by atoms with Gasteiger partial charge in [-0.05, 0) is 42.7 Å². The van der Waals surface area contributed by atoms with Crippen LogP contribution >= 0.6 is 0 Å². The molecule has 0 aliphatic heterocycles. The van der Waals surface area contributed by atoms with E-state index in [-0.39, 0.29) is 18.7 Å². The number of nitrogens with one attached hydrogen (secondary N) is 1. The summed E-state index contributed by atoms with van der Waals surface area (Å²) in [6, 6.07) is 14.7. The Kier molecular flexibility index (Phi) is 5.84. The lowest BCUT2D eigenvalue weighted by Gasteiger charge is -2.07. The van der Waals surface area contributed by atoms with Crippen molar-refractivity contribution in [1.29, 1.82) is 0 Å². The van der Waals surface area contributed by atoms with Gasteiger partial charge in [0.05, 0.1) is 12.1 Å². The average Bonchev–Trinajstić information content (AvgIpc) is 2.57. The molecule has 0 radical (unpaired) electrons. The van der Waals surface area contributed by atoms with Crippen molar-refractivity contribution in [2.45, 2.75) is 26.7 Å². The van der Waals surface area contributed by atoms with Crippen molar-refractivity contribution in [1.82, 2.24) is 5.43 Å². The number of benzene rings is 2. The number of amides is 1. The standard InChI is InChI=1S/C19H20N2O3/c1-13-8-9-16(12-14(13)2)19(24)21-20-17(10-11-18(22)23)15-6-4-3-5-7-15/h3-9,12H,10-11H2,1-2H3,(H,21,24)(H,22,23)/b20-17-. The number of carboxylic acid groups (broad SMARTS) is 1. The molecule has 2 aromatic rings. The first kappa shape index (κ1) is 17.4. The molecular formula is C19H20N2O3. The van der Waals surface area contributed by atoms with E-state index in [0.29, 0.717) is 11.3 Å². The highest BCUT2D eigenvalue weighted by molar-refractivity contribution is 6.03. The maximum atomic E-state index is 12.2. The minimum absolute atomic E-state index is 0.0484. The van der Waals surface area contributed by atoms with Gasteiger partial charge in [0.25, 0.3) is 5.91 Å². The fraction of sp³-hybridized carbons (Fsp3) is 0.211. The van der Waals surface area contributed by atoms with Crippen LogP contribution in [0.25, 0.3) is 0 Å². The monoisotopic (exact) mass is 324 g/mol. The summed E-state index contributed by atoms with van der Waals surface area (Å²) in [7, 11) is 0. The van der Waals surface area contributed by atoms with Crippen LogP contribution < -0.4 is 5.43 Å². The second kappa shape index (κ2) is 8.06. The molecule has 0 aliphatic carbocycles. The van der Waals surface area contributed by atoms with Crippen molar-refractivity contribution in [3.63, 3.8) is 0 Å². The van der Waals surface area contributed by atoms with Gasteiger partial charge in [-0.25, -0.2) is 5.43 Å². The van der Waals surface area contributed by atoms with Crippen LogP contribution in [0.4, 0.5) is 0 Å². The summed E-state index contributed by atoms with van der Waals surface area (Å²) >= 11 is 0. The third-order valence-electron chi connectivity index (χ3n) is 3.74. The van der Waals surface area contributed by atoms with Crippen molar-refractivity contribution in [3.05, 3.63) is 70.8 Å². The van der Waals surface area contributed by atoms with Gasteiger partial charge in [-0.3, -0.25) is 9.59 Å². The van der Waals surface area contributed by atoms with Gasteiger partial charge in [0, 0.05) is 12.0 Å². The Hall–Kier alpha value is -2.95. The van der Waals surface area contributed by atoms with Crippen LogP contribution in [-0.4, -0.2) is 22.7 Å². The largest absolute Gasteiger partial charge is 0.481 e. The van der Waals surface area contributed by atoms with Crippen molar-refractivity contribution in [2.75, 3.05) is 0 Å². The average molecular weight is 324 g/mol. The van der Waals surface area contributed by atoms with E-state index in [9.17, 15) is 9.59 Å². The molecular weight excluding hydrogens is 304 g/mol. The molecule has 0 spiro atoms. The summed E-state index contributed by atoms with van der Waals surface area (Å²) in [5.41, 5.74) is 6.51. The molecule has 2 rings (SSSR count). The normalized spacial score (nSPS) is 11.2. The van der Waals surface area contributed by atoms with Crippen molar-refractivity contribution in [3.8, 4) is 0 Å². The first-order chi connectivity index (χ1) is 11.5. The summed E-state index contributed by atoms with van der Waals surface area (Å²) in [6.07, 6.45) is 0.194. The molecule has 124 valence electrons. The van der Waals surface area contributed by atoms with Gasteiger partial charge in [0.15, 0.2) is 0 Å². The Bertz CT molecular complexity index is 767. The lowest BCUT2D eigenvalue weighted by atomic mass is 10.1. The molecule has 1 amide bonds. The zero-order valence-electron chi connectivity index (χ0n) is 13.7. The lowest BCUT2D eigenvalue weighted by molar-refractivity contribution is -0.136. The molecule has 0 fully saturated rings. The second-order valence-corrected chi connectivity index (χ2v) is 5.56. The van der Waals surface area contributed by atoms with E-state index in [1.807, 2.05) is 50.2 Å². The maximum absolute atomic E-state index is 12.2. The summed E-state index contributed by atoms with van der Waals surface area (Å²) in [5, 5.41) is 13.0. The highest BCUT2D eigenvalue weighted by Crippen LogP contribution is 2.10. The Morgan fingerprint density at radius 3 is 2.29 bits per heavy atom. The smallest absolute Gasteiger partial charge is 0.303 e. The number of nitrogens with zero attached hydrogens (tertiary/aromatic N) is 1. The van der Waals surface area contributed by atoms with E-state index >= 15 is 0 Å². The first-order valence-electron chi connectivity index (χ1n) is 7.68. The number of carbonyl (C=O) groups is 2. The molecule has 0 unspecified atom stereocenters. The van der Waals surface area contributed by atoms with Crippen LogP contribution in [0.3, 0.4) is 0 Å². The summed E-state index contributed by atoms with van der Waals surface area (Å²) in [5.74, 6) is -1.22. The molecule has 0 bridgehead atoms. The molecule has 5 nitrogen and oxygen atoms in total. The van der Waals surface area contributed by atoms with E-state index in [4.69, 9.17) is 5.11 Å². The van der Waals surface area contributed by atoms with Gasteiger partial charge in [-0.15, -0.1) is 0 Å². The minimum Gasteiger partial charge on any atom is -0.481 e. The summed E-state index contributed by atoms with van der Waals surface area (Å²) < 4.78 is 0. The van der Waals surface area contributed by atoms with Gasteiger partial charge < -0.3 is 5.11 Å². The van der Waals surface area contributed by atoms with Crippen LogP contribution in [0.1, 0.15) is 39.9 Å². The SMILES string of the molecule is Cc1ccc(C(=O)N/N=C(/CCC(=O)O)c2ccccc2)cc1C. The molecule has 0 aromatic heterocycles. The number of carbonyl (C=O) groups excluding carboxylic acids is 1. The van der Waals surface area contributed by atoms with Gasteiger partial charge in [0.1, 0.15) is 0 Å². The Labute approximate surface area is 141 Å². The zero-order valence-corrected chi connectivity index (χ0v) is 13.7. The van der Waals surface area contributed by atoms with Gasteiger partial charge >= 0.3 is 5.97 Å². The molecule has 0 heterocycles. The van der Waals surface area contributed by atoms with Crippen LogP contribution in [-0.2, 0) is 4.79 Å². The van der Waals surface area contributed by atoms with Crippen LogP contribution in [0.5, 0.6) is 0 Å². The van der Waals surface area contributed by atoms with E-state index in [1.165, 1.54) is 0 Å². The topological polar surface area (TPSA) is 78.8 Å². The van der Waals surface area contributed by atoms with Crippen molar-refractivity contribution in [2.24, 2.45) is 5.10 Å². The third kappa shape index (κ3) is 4.78. The molecule has 5 heteroatoms. The summed E-state index contributed by atoms with van der Waals surface area (Å²) in [6.45, 7) is 3.92. The predicted octanol–water partition coefficient (Wildman–Crippen LogP) is 3.30. The molecule has 24 heavy (non-hydrogen) atoms. The zero-order chi connectivity index (χ0) is 17.5. The highest BCUT2D eigenvalue weighted by Gasteiger charge is 2.09. The number of aliphatic carboxylic acids is 1. The number of hydrazone groups is 1. The molecule has 2 aromatic carbocycles. The van der Waals surface area contributed by atoms with E-state index in [1.54, 1.807) is 12.1 Å². The highest BCUT2D eigenvalue weighted by atomic mass is 16.4. The fourth-order valence-electron chi connectivity index (χ4n) is 2.19. The van der Waals surface area contributed by atoms with Crippen molar-refractivity contribution < 1.29 is 14.7 Å². The fourth-order valence-corrected chi connectivity index (χ4v) is 2.19. The van der Waals surface area contributed by atoms with Crippen molar-refractivity contribution >= 4 is 17.6 Å². The number of carboxylic acids is 1. The van der Waals surface area contributed by atoms with Crippen LogP contribution in [0.15, 0.2) is 53.6 Å². The lowest BCUT2D eigenvalue weighted by Crippen LogP contribution is -2.20. The number of hydrogen-bond acceptors (Lipinski definition) is 3. The Morgan fingerprint density at radius 2 is 1.67 bits per heavy atom. The van der Waals surface area contributed by atoms with E-state index in [2.05, 4.69) is 10.5 Å². The maximum Gasteiger partial charge on any atom is 0.303 e.